The van der Waals surface area contributed by atoms with Crippen LogP contribution in [0.1, 0.15) is 33.1 Å². The van der Waals surface area contributed by atoms with Gasteiger partial charge in [-0.05, 0) is 26.2 Å². The zero-order chi connectivity index (χ0) is 11.3. The van der Waals surface area contributed by atoms with Crippen molar-refractivity contribution in [2.45, 2.75) is 45.2 Å². The molecular weight excluding hydrogens is 192 g/mol. The van der Waals surface area contributed by atoms with Crippen LogP contribution in [0.15, 0.2) is 4.99 Å². The van der Waals surface area contributed by atoms with E-state index in [0.717, 1.165) is 19.3 Å². The molecule has 0 aliphatic heterocycles. The summed E-state index contributed by atoms with van der Waals surface area (Å²) in [6.45, 7) is 4.49. The van der Waals surface area contributed by atoms with Gasteiger partial charge in [-0.1, -0.05) is 6.92 Å². The maximum atomic E-state index is 11.5. The van der Waals surface area contributed by atoms with Crippen molar-refractivity contribution in [1.29, 1.82) is 0 Å². The van der Waals surface area contributed by atoms with Gasteiger partial charge >= 0.3 is 0 Å². The molecule has 1 fully saturated rings. The molecule has 0 radical (unpaired) electrons. The van der Waals surface area contributed by atoms with Crippen LogP contribution >= 0.6 is 0 Å². The lowest BCUT2D eigenvalue weighted by molar-refractivity contribution is -0.122. The van der Waals surface area contributed by atoms with E-state index in [1.54, 1.807) is 6.92 Å². The van der Waals surface area contributed by atoms with Gasteiger partial charge in [0.2, 0.25) is 5.91 Å². The molecule has 0 bridgehead atoms. The van der Waals surface area contributed by atoms with Crippen molar-refractivity contribution in [3.63, 3.8) is 0 Å². The quantitative estimate of drug-likeness (QED) is 0.442. The lowest BCUT2D eigenvalue weighted by Gasteiger charge is -2.14. The Morgan fingerprint density at radius 2 is 2.27 bits per heavy atom. The van der Waals surface area contributed by atoms with E-state index in [0.29, 0.717) is 18.5 Å². The van der Waals surface area contributed by atoms with Crippen molar-refractivity contribution in [1.82, 2.24) is 10.6 Å². The minimum Gasteiger partial charge on any atom is -0.370 e. The minimum absolute atomic E-state index is 0.0363. The third-order valence-corrected chi connectivity index (χ3v) is 2.18. The fraction of sp³-hybridized carbons (Fsp3) is 0.800. The molecule has 5 heteroatoms. The van der Waals surface area contributed by atoms with Crippen molar-refractivity contribution in [2.75, 3.05) is 6.54 Å². The number of nitrogens with two attached hydrogens (primary N) is 1. The average Bonchev–Trinajstić information content (AvgIpc) is 2.97. The van der Waals surface area contributed by atoms with Gasteiger partial charge in [0, 0.05) is 6.54 Å². The maximum Gasteiger partial charge on any atom is 0.242 e. The summed E-state index contributed by atoms with van der Waals surface area (Å²) >= 11 is 0. The van der Waals surface area contributed by atoms with E-state index in [1.807, 2.05) is 6.92 Å². The van der Waals surface area contributed by atoms with Crippen molar-refractivity contribution >= 4 is 11.9 Å². The number of amides is 1. The predicted octanol–water partition coefficient (Wildman–Crippen LogP) is -0.0322. The molecule has 0 heterocycles. The van der Waals surface area contributed by atoms with Gasteiger partial charge in [-0.2, -0.15) is 0 Å². The van der Waals surface area contributed by atoms with E-state index < -0.39 is 0 Å². The highest BCUT2D eigenvalue weighted by Gasteiger charge is 2.21. The first-order chi connectivity index (χ1) is 7.13. The maximum absolute atomic E-state index is 11.5. The Balaban J connectivity index is 2.26. The van der Waals surface area contributed by atoms with Gasteiger partial charge in [-0.25, -0.2) is 0 Å². The van der Waals surface area contributed by atoms with Gasteiger partial charge in [0.25, 0.3) is 0 Å². The van der Waals surface area contributed by atoms with E-state index >= 15 is 0 Å². The van der Waals surface area contributed by atoms with Crippen LogP contribution in [0.2, 0.25) is 0 Å². The van der Waals surface area contributed by atoms with E-state index in [1.165, 1.54) is 0 Å². The van der Waals surface area contributed by atoms with E-state index in [2.05, 4.69) is 15.6 Å². The van der Waals surface area contributed by atoms with Crippen LogP contribution in [-0.4, -0.2) is 30.5 Å². The third-order valence-electron chi connectivity index (χ3n) is 2.18. The fourth-order valence-corrected chi connectivity index (χ4v) is 1.13. The summed E-state index contributed by atoms with van der Waals surface area (Å²) in [4.78, 5) is 15.6. The van der Waals surface area contributed by atoms with Crippen LogP contribution in [0.3, 0.4) is 0 Å². The Bertz CT molecular complexity index is 248. The lowest BCUT2D eigenvalue weighted by Crippen LogP contribution is -2.47. The van der Waals surface area contributed by atoms with Crippen LogP contribution in [0, 0.1) is 0 Å². The van der Waals surface area contributed by atoms with E-state index in [4.69, 9.17) is 5.73 Å². The molecule has 1 aliphatic rings. The van der Waals surface area contributed by atoms with Gasteiger partial charge in [-0.15, -0.1) is 0 Å². The number of carbonyl (C=O) groups excluding carboxylic acids is 1. The second-order valence-electron chi connectivity index (χ2n) is 3.90. The van der Waals surface area contributed by atoms with Gasteiger partial charge < -0.3 is 16.4 Å². The van der Waals surface area contributed by atoms with Crippen molar-refractivity contribution in [3.8, 4) is 0 Å². The third kappa shape index (κ3) is 4.67. The van der Waals surface area contributed by atoms with E-state index in [9.17, 15) is 4.79 Å². The number of nitrogens with zero attached hydrogens (tertiary/aromatic N) is 1. The number of carbonyl (C=O) groups is 1. The molecule has 1 rings (SSSR count). The number of guanidine groups is 1. The molecule has 1 atom stereocenters. The van der Waals surface area contributed by atoms with Crippen molar-refractivity contribution < 1.29 is 4.79 Å². The molecule has 1 amide bonds. The first-order valence-electron chi connectivity index (χ1n) is 5.51. The second kappa shape index (κ2) is 5.58. The van der Waals surface area contributed by atoms with Gasteiger partial charge in [0.05, 0.1) is 6.04 Å². The molecular formula is C10H20N4O. The number of rotatable bonds is 5. The zero-order valence-electron chi connectivity index (χ0n) is 9.42. The molecule has 86 valence electrons. The molecule has 1 unspecified atom stereocenters. The molecule has 0 saturated heterocycles. The van der Waals surface area contributed by atoms with Crippen LogP contribution in [0.5, 0.6) is 0 Å². The minimum atomic E-state index is -0.320. The molecule has 0 spiro atoms. The van der Waals surface area contributed by atoms with Gasteiger partial charge in [0.15, 0.2) is 5.96 Å². The predicted molar refractivity (Wildman–Crippen MR) is 60.5 cm³/mol. The summed E-state index contributed by atoms with van der Waals surface area (Å²) in [7, 11) is 0. The monoisotopic (exact) mass is 212 g/mol. The van der Waals surface area contributed by atoms with Crippen LogP contribution < -0.4 is 16.4 Å². The Kier molecular flexibility index (Phi) is 4.39. The summed E-state index contributed by atoms with van der Waals surface area (Å²) in [6.07, 6.45) is 3.15. The van der Waals surface area contributed by atoms with Gasteiger partial charge in [-0.3, -0.25) is 9.79 Å². The Morgan fingerprint density at radius 1 is 1.60 bits per heavy atom. The zero-order valence-corrected chi connectivity index (χ0v) is 9.42. The van der Waals surface area contributed by atoms with E-state index in [-0.39, 0.29) is 11.9 Å². The summed E-state index contributed by atoms with van der Waals surface area (Å²) in [5.74, 6) is 0.336. The second-order valence-corrected chi connectivity index (χ2v) is 3.90. The normalized spacial score (nSPS) is 18.4. The SMILES string of the molecule is CCCNC(=O)C(C)NC(N)=NC1CC1. The van der Waals surface area contributed by atoms with Crippen LogP contribution in [0.25, 0.3) is 0 Å². The number of aliphatic imine (C=N–C) groups is 1. The molecule has 0 aromatic carbocycles. The Hall–Kier alpha value is -1.26. The summed E-state index contributed by atoms with van der Waals surface area (Å²) in [5.41, 5.74) is 5.64. The molecule has 5 nitrogen and oxygen atoms in total. The van der Waals surface area contributed by atoms with Gasteiger partial charge in [0.1, 0.15) is 6.04 Å². The van der Waals surface area contributed by atoms with Crippen molar-refractivity contribution in [3.05, 3.63) is 0 Å². The number of nitrogens with one attached hydrogen (secondary N) is 2. The highest BCUT2D eigenvalue weighted by atomic mass is 16.2. The molecule has 1 aliphatic carbocycles. The first kappa shape index (κ1) is 11.8. The number of hydrogen-bond acceptors (Lipinski definition) is 2. The fourth-order valence-electron chi connectivity index (χ4n) is 1.13. The highest BCUT2D eigenvalue weighted by Crippen LogP contribution is 2.22. The smallest absolute Gasteiger partial charge is 0.242 e. The average molecular weight is 212 g/mol. The Labute approximate surface area is 90.5 Å². The standard InChI is InChI=1S/C10H20N4O/c1-3-6-12-9(15)7(2)13-10(11)14-8-4-5-8/h7-8H,3-6H2,1-2H3,(H,12,15)(H3,11,13,14). The summed E-state index contributed by atoms with van der Waals surface area (Å²) < 4.78 is 0. The molecule has 0 aromatic rings. The highest BCUT2D eigenvalue weighted by molar-refractivity contribution is 5.88. The molecule has 15 heavy (non-hydrogen) atoms. The first-order valence-corrected chi connectivity index (χ1v) is 5.51. The van der Waals surface area contributed by atoms with Crippen LogP contribution in [-0.2, 0) is 4.79 Å². The van der Waals surface area contributed by atoms with Crippen molar-refractivity contribution in [2.24, 2.45) is 10.7 Å². The number of hydrogen-bond donors (Lipinski definition) is 3. The Morgan fingerprint density at radius 3 is 2.80 bits per heavy atom. The summed E-state index contributed by atoms with van der Waals surface area (Å²) in [6, 6.07) is 0.0578. The topological polar surface area (TPSA) is 79.5 Å². The lowest BCUT2D eigenvalue weighted by atomic mass is 10.3. The molecule has 0 aromatic heterocycles. The van der Waals surface area contributed by atoms with Crippen LogP contribution in [0.4, 0.5) is 0 Å². The largest absolute Gasteiger partial charge is 0.370 e. The molecule has 4 N–H and O–H groups in total. The summed E-state index contributed by atoms with van der Waals surface area (Å²) in [5, 5.41) is 5.67. The molecule has 1 saturated carbocycles.